The van der Waals surface area contributed by atoms with Crippen LogP contribution in [-0.2, 0) is 0 Å². The van der Waals surface area contributed by atoms with Gasteiger partial charge in [0.2, 0.25) is 0 Å². The van der Waals surface area contributed by atoms with Crippen molar-refractivity contribution in [3.05, 3.63) is 51.9 Å². The lowest BCUT2D eigenvalue weighted by Crippen LogP contribution is -2.18. The topological polar surface area (TPSA) is 81.9 Å². The highest BCUT2D eigenvalue weighted by atomic mass is 127. The fourth-order valence-electron chi connectivity index (χ4n) is 3.74. The van der Waals surface area contributed by atoms with Crippen molar-refractivity contribution < 1.29 is 9.53 Å². The van der Waals surface area contributed by atoms with Gasteiger partial charge in [-0.3, -0.25) is 4.79 Å². The van der Waals surface area contributed by atoms with Crippen molar-refractivity contribution in [3.63, 3.8) is 0 Å². The van der Waals surface area contributed by atoms with Crippen LogP contribution in [0.2, 0.25) is 0 Å². The van der Waals surface area contributed by atoms with E-state index in [4.69, 9.17) is 4.74 Å². The van der Waals surface area contributed by atoms with E-state index in [0.29, 0.717) is 28.6 Å². The Hall–Kier alpha value is -2.49. The molecule has 1 amide bonds. The summed E-state index contributed by atoms with van der Waals surface area (Å²) in [7, 11) is 0. The van der Waals surface area contributed by atoms with Gasteiger partial charge in [0.15, 0.2) is 5.82 Å². The second-order valence-corrected chi connectivity index (χ2v) is 8.02. The summed E-state index contributed by atoms with van der Waals surface area (Å²) in [5.74, 6) is 1.56. The Labute approximate surface area is 169 Å². The third kappa shape index (κ3) is 3.07. The molecule has 1 aliphatic carbocycles. The molecule has 0 saturated heterocycles. The van der Waals surface area contributed by atoms with Crippen LogP contribution in [0, 0.1) is 3.57 Å². The number of fused-ring (bicyclic) bond motifs is 8. The van der Waals surface area contributed by atoms with Crippen molar-refractivity contribution in [1.29, 1.82) is 0 Å². The Morgan fingerprint density at radius 1 is 1.22 bits per heavy atom. The van der Waals surface area contributed by atoms with Gasteiger partial charge in [-0.1, -0.05) is 6.07 Å². The van der Waals surface area contributed by atoms with E-state index >= 15 is 0 Å². The zero-order chi connectivity index (χ0) is 18.4. The number of pyridine rings is 1. The summed E-state index contributed by atoms with van der Waals surface area (Å²) in [4.78, 5) is 17.5. The number of halogens is 1. The molecule has 1 saturated carbocycles. The Kier molecular flexibility index (Phi) is 4.07. The van der Waals surface area contributed by atoms with E-state index in [0.717, 1.165) is 22.8 Å². The standard InChI is InChI=1S/C19H16IN5O2/c20-11-4-7-16-14(8-11)19(26)23-17-3-1-2-15(22-17)18-24-21-10-25(18)12-5-6-13(9-12)27-16/h1-4,7-8,10,12-13H,5-6,9H2,(H,22,23,26). The summed E-state index contributed by atoms with van der Waals surface area (Å²) < 4.78 is 9.29. The number of carbonyl (C=O) groups is 1. The first-order valence-electron chi connectivity index (χ1n) is 8.82. The molecule has 27 heavy (non-hydrogen) atoms. The van der Waals surface area contributed by atoms with E-state index in [1.807, 2.05) is 30.3 Å². The van der Waals surface area contributed by atoms with E-state index in [1.54, 1.807) is 12.4 Å². The predicted octanol–water partition coefficient (Wildman–Crippen LogP) is 3.68. The molecule has 4 bridgehead atoms. The van der Waals surface area contributed by atoms with Crippen molar-refractivity contribution in [2.75, 3.05) is 5.32 Å². The quantitative estimate of drug-likeness (QED) is 0.504. The molecule has 2 unspecified atom stereocenters. The average Bonchev–Trinajstić information content (AvgIpc) is 3.32. The van der Waals surface area contributed by atoms with E-state index < -0.39 is 0 Å². The summed E-state index contributed by atoms with van der Waals surface area (Å²) in [5.41, 5.74) is 1.22. The molecule has 0 radical (unpaired) electrons. The number of aromatic nitrogens is 4. The molecule has 0 spiro atoms. The number of nitrogens with one attached hydrogen (secondary N) is 1. The smallest absolute Gasteiger partial charge is 0.260 e. The zero-order valence-corrected chi connectivity index (χ0v) is 16.5. The summed E-state index contributed by atoms with van der Waals surface area (Å²) in [6.07, 6.45) is 4.54. The first-order chi connectivity index (χ1) is 13.2. The van der Waals surface area contributed by atoms with E-state index in [9.17, 15) is 4.79 Å². The molecule has 3 aromatic rings. The molecule has 2 aromatic heterocycles. The maximum absolute atomic E-state index is 12.9. The van der Waals surface area contributed by atoms with E-state index in [1.165, 1.54) is 0 Å². The van der Waals surface area contributed by atoms with Crippen LogP contribution >= 0.6 is 22.6 Å². The third-order valence-corrected chi connectivity index (χ3v) is 5.69. The fourth-order valence-corrected chi connectivity index (χ4v) is 4.24. The lowest BCUT2D eigenvalue weighted by molar-refractivity contribution is 0.101. The number of hydrogen-bond donors (Lipinski definition) is 1. The van der Waals surface area contributed by atoms with Gasteiger partial charge in [0.05, 0.1) is 5.56 Å². The minimum absolute atomic E-state index is 0.0497. The van der Waals surface area contributed by atoms with Gasteiger partial charge in [-0.05, 0) is 65.8 Å². The largest absolute Gasteiger partial charge is 0.490 e. The van der Waals surface area contributed by atoms with Gasteiger partial charge in [0.25, 0.3) is 5.91 Å². The number of hydrogen-bond acceptors (Lipinski definition) is 5. The van der Waals surface area contributed by atoms with Crippen LogP contribution in [0.1, 0.15) is 35.7 Å². The van der Waals surface area contributed by atoms with Gasteiger partial charge in [0, 0.05) is 16.0 Å². The Bertz CT molecular complexity index is 1030. The lowest BCUT2D eigenvalue weighted by Gasteiger charge is -2.17. The van der Waals surface area contributed by atoms with Crippen LogP contribution in [-0.4, -0.2) is 31.8 Å². The Balaban J connectivity index is 1.65. The van der Waals surface area contributed by atoms with Gasteiger partial charge >= 0.3 is 0 Å². The van der Waals surface area contributed by atoms with Gasteiger partial charge in [0.1, 0.15) is 29.7 Å². The lowest BCUT2D eigenvalue weighted by atomic mass is 10.1. The van der Waals surface area contributed by atoms with Gasteiger partial charge in [-0.2, -0.15) is 0 Å². The molecule has 1 fully saturated rings. The van der Waals surface area contributed by atoms with Crippen molar-refractivity contribution in [3.8, 4) is 17.3 Å². The second-order valence-electron chi connectivity index (χ2n) is 6.77. The van der Waals surface area contributed by atoms with Crippen LogP contribution in [0.15, 0.2) is 42.7 Å². The van der Waals surface area contributed by atoms with Crippen molar-refractivity contribution in [2.24, 2.45) is 0 Å². The third-order valence-electron chi connectivity index (χ3n) is 5.02. The number of benzene rings is 1. The first kappa shape index (κ1) is 16.7. The highest BCUT2D eigenvalue weighted by Gasteiger charge is 2.31. The number of amides is 1. The molecule has 5 rings (SSSR count). The van der Waals surface area contributed by atoms with Gasteiger partial charge < -0.3 is 14.6 Å². The first-order valence-corrected chi connectivity index (χ1v) is 9.90. The Morgan fingerprint density at radius 2 is 2.15 bits per heavy atom. The summed E-state index contributed by atoms with van der Waals surface area (Å²) in [6, 6.07) is 11.4. The van der Waals surface area contributed by atoms with Crippen molar-refractivity contribution in [2.45, 2.75) is 31.4 Å². The Morgan fingerprint density at radius 3 is 3.07 bits per heavy atom. The minimum atomic E-state index is -0.233. The average molecular weight is 473 g/mol. The molecule has 3 heterocycles. The van der Waals surface area contributed by atoms with Gasteiger partial charge in [-0.15, -0.1) is 10.2 Å². The molecule has 7 nitrogen and oxygen atoms in total. The molecule has 136 valence electrons. The minimum Gasteiger partial charge on any atom is -0.490 e. The maximum atomic E-state index is 12.9. The number of nitrogens with zero attached hydrogens (tertiary/aromatic N) is 4. The van der Waals surface area contributed by atoms with E-state index in [2.05, 4.69) is 47.7 Å². The van der Waals surface area contributed by atoms with Crippen molar-refractivity contribution >= 4 is 34.3 Å². The van der Waals surface area contributed by atoms with Crippen LogP contribution < -0.4 is 10.1 Å². The monoisotopic (exact) mass is 473 g/mol. The molecule has 1 N–H and O–H groups in total. The van der Waals surface area contributed by atoms with Crippen LogP contribution in [0.25, 0.3) is 11.5 Å². The van der Waals surface area contributed by atoms with Crippen LogP contribution in [0.4, 0.5) is 5.82 Å². The second kappa shape index (κ2) is 6.59. The predicted molar refractivity (Wildman–Crippen MR) is 108 cm³/mol. The molecule has 2 aliphatic rings. The fraction of sp³-hybridized carbons (Fsp3) is 0.263. The summed E-state index contributed by atoms with van der Waals surface area (Å²) >= 11 is 2.20. The SMILES string of the molecule is O=C1Nc2cccc(n2)-c2nncn2C2CCC(C2)Oc2ccc(I)cc21. The molecule has 1 aliphatic heterocycles. The van der Waals surface area contributed by atoms with E-state index in [-0.39, 0.29) is 18.1 Å². The molecular weight excluding hydrogens is 457 g/mol. The molecular formula is C19H16IN5O2. The zero-order valence-electron chi connectivity index (χ0n) is 14.3. The highest BCUT2D eigenvalue weighted by Crippen LogP contribution is 2.36. The maximum Gasteiger partial charge on any atom is 0.260 e. The molecule has 8 heteroatoms. The number of anilines is 1. The van der Waals surface area contributed by atoms with Gasteiger partial charge in [-0.25, -0.2) is 4.98 Å². The number of carbonyl (C=O) groups excluding carboxylic acids is 1. The summed E-state index contributed by atoms with van der Waals surface area (Å²) in [6.45, 7) is 0. The number of rotatable bonds is 0. The number of ether oxygens (including phenoxy) is 1. The summed E-state index contributed by atoms with van der Waals surface area (Å²) in [5, 5.41) is 11.2. The highest BCUT2D eigenvalue weighted by molar-refractivity contribution is 14.1. The van der Waals surface area contributed by atoms with Crippen LogP contribution in [0.5, 0.6) is 5.75 Å². The normalized spacial score (nSPS) is 21.0. The molecule has 1 aromatic carbocycles. The van der Waals surface area contributed by atoms with Crippen LogP contribution in [0.3, 0.4) is 0 Å². The van der Waals surface area contributed by atoms with Crippen molar-refractivity contribution in [1.82, 2.24) is 19.7 Å². The molecule has 2 atom stereocenters.